The van der Waals surface area contributed by atoms with E-state index in [1.807, 2.05) is 0 Å². The van der Waals surface area contributed by atoms with Crippen molar-refractivity contribution in [2.75, 3.05) is 4.90 Å². The van der Waals surface area contributed by atoms with E-state index >= 15 is 0 Å². The molecule has 0 N–H and O–H groups in total. The van der Waals surface area contributed by atoms with Gasteiger partial charge in [-0.1, -0.05) is 157 Å². The molecule has 7 aliphatic carbocycles. The molecule has 14 rings (SSSR count). The molecular formula is C63H61N. The molecule has 4 saturated carbocycles. The van der Waals surface area contributed by atoms with E-state index in [0.717, 1.165) is 11.8 Å². The highest BCUT2D eigenvalue weighted by Gasteiger charge is 2.61. The Balaban J connectivity index is 1.10. The quantitative estimate of drug-likeness (QED) is 0.167. The fraction of sp³-hybridized carbons (Fsp3) is 0.333. The second-order valence-corrected chi connectivity index (χ2v) is 22.8. The summed E-state index contributed by atoms with van der Waals surface area (Å²) >= 11 is 0. The lowest BCUT2D eigenvalue weighted by atomic mass is 9.43. The highest BCUT2D eigenvalue weighted by atomic mass is 15.1. The lowest BCUT2D eigenvalue weighted by molar-refractivity contribution is -0.0399. The van der Waals surface area contributed by atoms with Crippen LogP contribution in [-0.4, -0.2) is 0 Å². The first kappa shape index (κ1) is 38.8. The van der Waals surface area contributed by atoms with Crippen LogP contribution in [0.3, 0.4) is 0 Å². The molecule has 64 heavy (non-hydrogen) atoms. The van der Waals surface area contributed by atoms with E-state index in [4.69, 9.17) is 0 Å². The summed E-state index contributed by atoms with van der Waals surface area (Å²) < 4.78 is 0. The molecule has 7 aromatic carbocycles. The molecule has 4 fully saturated rings. The van der Waals surface area contributed by atoms with Gasteiger partial charge in [0.05, 0.1) is 5.69 Å². The molecular weight excluding hydrogens is 771 g/mol. The summed E-state index contributed by atoms with van der Waals surface area (Å²) in [5, 5.41) is 0. The summed E-state index contributed by atoms with van der Waals surface area (Å²) in [4.78, 5) is 2.70. The molecule has 0 aromatic heterocycles. The zero-order valence-corrected chi connectivity index (χ0v) is 38.6. The van der Waals surface area contributed by atoms with Crippen molar-refractivity contribution in [3.05, 3.63) is 185 Å². The summed E-state index contributed by atoms with van der Waals surface area (Å²) in [6, 6.07) is 59.5. The van der Waals surface area contributed by atoms with Gasteiger partial charge in [0.1, 0.15) is 0 Å². The fourth-order valence-corrected chi connectivity index (χ4v) is 15.0. The predicted octanol–water partition coefficient (Wildman–Crippen LogP) is 16.9. The van der Waals surface area contributed by atoms with Gasteiger partial charge in [0, 0.05) is 27.8 Å². The summed E-state index contributed by atoms with van der Waals surface area (Å²) in [6.45, 7) is 14.7. The van der Waals surface area contributed by atoms with Crippen LogP contribution in [0.2, 0.25) is 0 Å². The van der Waals surface area contributed by atoms with Crippen LogP contribution in [0.15, 0.2) is 152 Å². The molecule has 0 atom stereocenters. The maximum Gasteiger partial charge on any atom is 0.0543 e. The number of benzene rings is 7. The highest BCUT2D eigenvalue weighted by molar-refractivity contribution is 5.96. The van der Waals surface area contributed by atoms with E-state index < -0.39 is 0 Å². The monoisotopic (exact) mass is 831 g/mol. The van der Waals surface area contributed by atoms with E-state index in [1.165, 1.54) is 129 Å². The lowest BCUT2D eigenvalue weighted by Gasteiger charge is -2.61. The maximum absolute atomic E-state index is 2.75. The number of nitrogens with zero attached hydrogens (tertiary/aromatic N) is 1. The average molecular weight is 832 g/mol. The van der Waals surface area contributed by atoms with Crippen LogP contribution in [-0.2, 0) is 21.7 Å². The molecule has 4 bridgehead atoms. The molecule has 0 aliphatic heterocycles. The topological polar surface area (TPSA) is 3.24 Å². The van der Waals surface area contributed by atoms with Crippen LogP contribution in [0.1, 0.15) is 120 Å². The third-order valence-electron chi connectivity index (χ3n) is 18.1. The summed E-state index contributed by atoms with van der Waals surface area (Å²) in [7, 11) is 0. The van der Waals surface area contributed by atoms with Crippen molar-refractivity contribution in [1.82, 2.24) is 0 Å². The second-order valence-electron chi connectivity index (χ2n) is 22.8. The summed E-state index contributed by atoms with van der Waals surface area (Å²) in [5.74, 6) is 3.17. The van der Waals surface area contributed by atoms with Gasteiger partial charge in [-0.2, -0.15) is 0 Å². The van der Waals surface area contributed by atoms with Crippen LogP contribution >= 0.6 is 0 Å². The minimum Gasteiger partial charge on any atom is -0.310 e. The van der Waals surface area contributed by atoms with Gasteiger partial charge in [-0.25, -0.2) is 0 Å². The zero-order valence-electron chi connectivity index (χ0n) is 38.6. The van der Waals surface area contributed by atoms with Crippen LogP contribution in [0, 0.1) is 23.7 Å². The molecule has 1 nitrogen and oxygen atoms in total. The van der Waals surface area contributed by atoms with Gasteiger partial charge in [0.2, 0.25) is 0 Å². The number of rotatable bonds is 5. The van der Waals surface area contributed by atoms with Crippen molar-refractivity contribution in [3.63, 3.8) is 0 Å². The Morgan fingerprint density at radius 1 is 0.375 bits per heavy atom. The Morgan fingerprint density at radius 2 is 0.906 bits per heavy atom. The molecule has 0 unspecified atom stereocenters. The number of fused-ring (bicyclic) bond motifs is 7. The first-order valence-corrected chi connectivity index (χ1v) is 24.6. The Hall–Kier alpha value is -5.66. The second kappa shape index (κ2) is 13.4. The van der Waals surface area contributed by atoms with E-state index in [0.29, 0.717) is 11.8 Å². The predicted molar refractivity (Wildman–Crippen MR) is 268 cm³/mol. The minimum atomic E-state index is -0.115. The number of hydrogen-bond acceptors (Lipinski definition) is 1. The molecule has 0 amide bonds. The smallest absolute Gasteiger partial charge is 0.0543 e. The Labute approximate surface area is 381 Å². The normalized spacial score (nSPS) is 25.3. The van der Waals surface area contributed by atoms with Gasteiger partial charge in [-0.15, -0.1) is 0 Å². The van der Waals surface area contributed by atoms with Crippen molar-refractivity contribution < 1.29 is 0 Å². The number of anilines is 3. The van der Waals surface area contributed by atoms with Crippen molar-refractivity contribution >= 4 is 17.1 Å². The standard InChI is InChI=1S/C63H61N/c1-60(2)28-29-61(3,4)58-36-47(25-27-55(58)60)64(46-24-26-50-48-16-10-12-18-53(48)62(5,6)56(50)35-46)59-38-57-52(37-51(59)43-22-20-42(21-23-43)41-14-8-7-9-15-41)49-17-11-13-19-54(49)63(57)44-31-39-30-40(33-44)34-45(63)32-39/h7-27,35-40,44-45H,28-34H2,1-6H3. The van der Waals surface area contributed by atoms with Crippen LogP contribution < -0.4 is 4.90 Å². The Kier molecular flexibility index (Phi) is 8.15. The molecule has 1 heteroatoms. The first-order valence-electron chi connectivity index (χ1n) is 24.6. The first-order chi connectivity index (χ1) is 30.9. The van der Waals surface area contributed by atoms with Crippen molar-refractivity contribution in [2.45, 2.75) is 108 Å². The molecule has 7 aromatic rings. The van der Waals surface area contributed by atoms with Gasteiger partial charge >= 0.3 is 0 Å². The van der Waals surface area contributed by atoms with Crippen LogP contribution in [0.4, 0.5) is 17.1 Å². The van der Waals surface area contributed by atoms with Crippen molar-refractivity contribution in [1.29, 1.82) is 0 Å². The van der Waals surface area contributed by atoms with Crippen LogP contribution in [0.25, 0.3) is 44.5 Å². The van der Waals surface area contributed by atoms with Crippen molar-refractivity contribution in [3.8, 4) is 44.5 Å². The van der Waals surface area contributed by atoms with Gasteiger partial charge in [0.25, 0.3) is 0 Å². The summed E-state index contributed by atoms with van der Waals surface area (Å²) in [5.41, 5.74) is 23.7. The van der Waals surface area contributed by atoms with Crippen molar-refractivity contribution in [2.24, 2.45) is 23.7 Å². The average Bonchev–Trinajstić information content (AvgIpc) is 3.72. The SMILES string of the molecule is CC1(C)CCC(C)(C)c2cc(N(c3ccc4c(c3)C(C)(C)c3ccccc3-4)c3cc4c(cc3-c3ccc(-c5ccccc5)cc3)-c3ccccc3C43C4CC5CC(C4)CC3C5)ccc21. The third-order valence-corrected chi connectivity index (χ3v) is 18.1. The van der Waals surface area contributed by atoms with Crippen LogP contribution in [0.5, 0.6) is 0 Å². The number of hydrogen-bond donors (Lipinski definition) is 0. The molecule has 1 spiro atoms. The third kappa shape index (κ3) is 5.36. The van der Waals surface area contributed by atoms with Gasteiger partial charge in [-0.05, 0) is 188 Å². The van der Waals surface area contributed by atoms with Gasteiger partial charge in [0.15, 0.2) is 0 Å². The lowest BCUT2D eigenvalue weighted by Crippen LogP contribution is -2.55. The van der Waals surface area contributed by atoms with E-state index in [2.05, 4.69) is 198 Å². The molecule has 0 heterocycles. The molecule has 318 valence electrons. The zero-order chi connectivity index (χ0) is 43.3. The van der Waals surface area contributed by atoms with E-state index in [9.17, 15) is 0 Å². The molecule has 0 radical (unpaired) electrons. The van der Waals surface area contributed by atoms with Gasteiger partial charge in [-0.3, -0.25) is 0 Å². The molecule has 7 aliphatic rings. The Bertz CT molecular complexity index is 3000. The Morgan fingerprint density at radius 3 is 1.59 bits per heavy atom. The minimum absolute atomic E-state index is 0.0545. The van der Waals surface area contributed by atoms with E-state index in [1.54, 1.807) is 11.1 Å². The summed E-state index contributed by atoms with van der Waals surface area (Å²) in [6.07, 6.45) is 9.34. The molecule has 0 saturated heterocycles. The highest BCUT2D eigenvalue weighted by Crippen LogP contribution is 2.70. The maximum atomic E-state index is 2.75. The van der Waals surface area contributed by atoms with E-state index in [-0.39, 0.29) is 21.7 Å². The van der Waals surface area contributed by atoms with Gasteiger partial charge < -0.3 is 4.90 Å². The fourth-order valence-electron chi connectivity index (χ4n) is 15.0. The largest absolute Gasteiger partial charge is 0.310 e.